The van der Waals surface area contributed by atoms with Crippen molar-refractivity contribution >= 4 is 39.0 Å². The van der Waals surface area contributed by atoms with Crippen molar-refractivity contribution in [2.45, 2.75) is 12.8 Å². The summed E-state index contributed by atoms with van der Waals surface area (Å²) in [5.41, 5.74) is 3.21. The van der Waals surface area contributed by atoms with Gasteiger partial charge in [-0.3, -0.25) is 4.79 Å². The van der Waals surface area contributed by atoms with Gasteiger partial charge in [0.05, 0.1) is 5.39 Å². The van der Waals surface area contributed by atoms with Gasteiger partial charge in [0, 0.05) is 35.6 Å². The van der Waals surface area contributed by atoms with E-state index in [-0.39, 0.29) is 11.8 Å². The van der Waals surface area contributed by atoms with Crippen molar-refractivity contribution in [1.82, 2.24) is 9.97 Å². The summed E-state index contributed by atoms with van der Waals surface area (Å²) in [5.74, 6) is 1.10. The topological polar surface area (TPSA) is 58.1 Å². The van der Waals surface area contributed by atoms with Crippen molar-refractivity contribution in [2.75, 3.05) is 23.3 Å². The van der Waals surface area contributed by atoms with Gasteiger partial charge in [0.15, 0.2) is 0 Å². The predicted molar refractivity (Wildman–Crippen MR) is 123 cm³/mol. The molecule has 1 N–H and O–H groups in total. The number of hydrogen-bond donors (Lipinski definition) is 1. The largest absolute Gasteiger partial charge is 0.356 e. The molecule has 0 bridgehead atoms. The van der Waals surface area contributed by atoms with E-state index < -0.39 is 0 Å². The van der Waals surface area contributed by atoms with E-state index >= 15 is 0 Å². The van der Waals surface area contributed by atoms with Crippen LogP contribution < -0.4 is 10.2 Å². The van der Waals surface area contributed by atoms with Crippen LogP contribution >= 0.6 is 11.3 Å². The van der Waals surface area contributed by atoms with Crippen LogP contribution in [0.4, 0.5) is 11.5 Å². The Hall–Kier alpha value is -3.25. The first-order valence-corrected chi connectivity index (χ1v) is 11.1. The molecule has 30 heavy (non-hydrogen) atoms. The molecule has 5 nitrogen and oxygen atoms in total. The van der Waals surface area contributed by atoms with Gasteiger partial charge in [-0.1, -0.05) is 48.5 Å². The summed E-state index contributed by atoms with van der Waals surface area (Å²) >= 11 is 1.65. The van der Waals surface area contributed by atoms with E-state index in [0.29, 0.717) is 0 Å². The number of nitrogens with one attached hydrogen (secondary N) is 1. The minimum absolute atomic E-state index is 0.0230. The molecule has 6 heteroatoms. The van der Waals surface area contributed by atoms with Crippen LogP contribution in [0, 0.1) is 5.92 Å². The highest BCUT2D eigenvalue weighted by atomic mass is 32.1. The molecule has 4 aromatic rings. The molecule has 5 rings (SSSR count). The third kappa shape index (κ3) is 3.66. The fourth-order valence-corrected chi connectivity index (χ4v) is 4.96. The SMILES string of the molecule is O=C(Nc1ccccc1)C1CCN(c2ncnc3scc(-c4ccccc4)c23)CC1. The van der Waals surface area contributed by atoms with Crippen molar-refractivity contribution in [3.8, 4) is 11.1 Å². The first kappa shape index (κ1) is 18.8. The molecule has 0 aliphatic carbocycles. The number of fused-ring (bicyclic) bond motifs is 1. The van der Waals surface area contributed by atoms with E-state index in [2.05, 4.69) is 49.8 Å². The molecule has 1 aliphatic heterocycles. The number of amides is 1. The van der Waals surface area contributed by atoms with Crippen LogP contribution in [-0.4, -0.2) is 29.0 Å². The third-order valence-corrected chi connectivity index (χ3v) is 6.53. The summed E-state index contributed by atoms with van der Waals surface area (Å²) in [5, 5.41) is 6.32. The Morgan fingerprint density at radius 3 is 2.40 bits per heavy atom. The lowest BCUT2D eigenvalue weighted by Crippen LogP contribution is -2.38. The van der Waals surface area contributed by atoms with Crippen LogP contribution in [-0.2, 0) is 4.79 Å². The zero-order valence-electron chi connectivity index (χ0n) is 16.5. The standard InChI is InChI=1S/C24H22N4OS/c29-23(27-19-9-5-2-6-10-19)18-11-13-28(14-12-18)22-21-20(17-7-3-1-4-8-17)15-30-24(21)26-16-25-22/h1-10,15-16,18H,11-14H2,(H,27,29). The maximum atomic E-state index is 12.7. The number of hydrogen-bond acceptors (Lipinski definition) is 5. The van der Waals surface area contributed by atoms with Crippen molar-refractivity contribution in [1.29, 1.82) is 0 Å². The van der Waals surface area contributed by atoms with E-state index in [4.69, 9.17) is 0 Å². The molecule has 2 aromatic carbocycles. The number of nitrogens with zero attached hydrogens (tertiary/aromatic N) is 3. The van der Waals surface area contributed by atoms with Crippen LogP contribution in [0.2, 0.25) is 0 Å². The van der Waals surface area contributed by atoms with E-state index in [1.807, 2.05) is 36.4 Å². The average molecular weight is 415 g/mol. The summed E-state index contributed by atoms with van der Waals surface area (Å²) in [6, 6.07) is 20.0. The summed E-state index contributed by atoms with van der Waals surface area (Å²) in [6.07, 6.45) is 3.28. The first-order valence-electron chi connectivity index (χ1n) is 10.2. The van der Waals surface area contributed by atoms with E-state index in [9.17, 15) is 4.79 Å². The Balaban J connectivity index is 1.35. The number of para-hydroxylation sites is 1. The molecule has 1 aliphatic rings. The molecule has 150 valence electrons. The molecule has 0 unspecified atom stereocenters. The normalized spacial score (nSPS) is 14.7. The molecule has 0 radical (unpaired) electrons. The highest BCUT2D eigenvalue weighted by Crippen LogP contribution is 2.38. The van der Waals surface area contributed by atoms with Crippen LogP contribution in [0.15, 0.2) is 72.4 Å². The maximum absolute atomic E-state index is 12.7. The summed E-state index contributed by atoms with van der Waals surface area (Å²) in [7, 11) is 0. The molecule has 1 amide bonds. The number of benzene rings is 2. The summed E-state index contributed by atoms with van der Waals surface area (Å²) in [4.78, 5) is 25.1. The molecule has 0 atom stereocenters. The van der Waals surface area contributed by atoms with Gasteiger partial charge in [-0.05, 0) is 30.5 Å². The number of rotatable bonds is 4. The zero-order valence-corrected chi connectivity index (χ0v) is 17.3. The smallest absolute Gasteiger partial charge is 0.227 e. The summed E-state index contributed by atoms with van der Waals surface area (Å²) < 4.78 is 0. The molecular weight excluding hydrogens is 392 g/mol. The van der Waals surface area contributed by atoms with Gasteiger partial charge < -0.3 is 10.2 Å². The molecule has 1 fully saturated rings. The van der Waals surface area contributed by atoms with Crippen molar-refractivity contribution < 1.29 is 4.79 Å². The van der Waals surface area contributed by atoms with Gasteiger partial charge in [-0.15, -0.1) is 11.3 Å². The van der Waals surface area contributed by atoms with Gasteiger partial charge in [0.1, 0.15) is 17.0 Å². The lowest BCUT2D eigenvalue weighted by molar-refractivity contribution is -0.120. The van der Waals surface area contributed by atoms with Gasteiger partial charge in [-0.2, -0.15) is 0 Å². The lowest BCUT2D eigenvalue weighted by atomic mass is 9.95. The first-order chi connectivity index (χ1) is 14.8. The minimum Gasteiger partial charge on any atom is -0.356 e. The predicted octanol–water partition coefficient (Wildman–Crippen LogP) is 5.21. The highest BCUT2D eigenvalue weighted by molar-refractivity contribution is 7.17. The van der Waals surface area contributed by atoms with Crippen molar-refractivity contribution in [2.24, 2.45) is 5.92 Å². The highest BCUT2D eigenvalue weighted by Gasteiger charge is 2.27. The number of anilines is 2. The monoisotopic (exact) mass is 414 g/mol. The second kappa shape index (κ2) is 8.24. The Morgan fingerprint density at radius 1 is 0.967 bits per heavy atom. The molecule has 3 heterocycles. The molecule has 0 spiro atoms. The van der Waals surface area contributed by atoms with Gasteiger partial charge in [0.25, 0.3) is 0 Å². The molecular formula is C24H22N4OS. The van der Waals surface area contributed by atoms with E-state index in [1.54, 1.807) is 17.7 Å². The van der Waals surface area contributed by atoms with E-state index in [1.165, 1.54) is 11.1 Å². The Bertz CT molecular complexity index is 1150. The second-order valence-electron chi connectivity index (χ2n) is 7.51. The maximum Gasteiger partial charge on any atom is 0.227 e. The Kier molecular flexibility index (Phi) is 5.15. The fraction of sp³-hybridized carbons (Fsp3) is 0.208. The second-order valence-corrected chi connectivity index (χ2v) is 8.37. The van der Waals surface area contributed by atoms with Crippen LogP contribution in [0.5, 0.6) is 0 Å². The lowest BCUT2D eigenvalue weighted by Gasteiger charge is -2.32. The minimum atomic E-state index is 0.0230. The number of carbonyl (C=O) groups excluding carboxylic acids is 1. The number of thiophene rings is 1. The zero-order chi connectivity index (χ0) is 20.3. The number of piperidine rings is 1. The number of aromatic nitrogens is 2. The van der Waals surface area contributed by atoms with Crippen LogP contribution in [0.3, 0.4) is 0 Å². The fourth-order valence-electron chi connectivity index (χ4n) is 4.05. The Labute approximate surface area is 179 Å². The average Bonchev–Trinajstić information content (AvgIpc) is 3.25. The van der Waals surface area contributed by atoms with Gasteiger partial charge in [-0.25, -0.2) is 9.97 Å². The van der Waals surface area contributed by atoms with E-state index in [0.717, 1.165) is 47.7 Å². The summed E-state index contributed by atoms with van der Waals surface area (Å²) in [6.45, 7) is 1.62. The van der Waals surface area contributed by atoms with Crippen molar-refractivity contribution in [3.05, 3.63) is 72.4 Å². The molecule has 1 saturated heterocycles. The quantitative estimate of drug-likeness (QED) is 0.498. The Morgan fingerprint density at radius 2 is 1.67 bits per heavy atom. The third-order valence-electron chi connectivity index (χ3n) is 5.64. The van der Waals surface area contributed by atoms with Crippen LogP contribution in [0.1, 0.15) is 12.8 Å². The molecule has 0 saturated carbocycles. The molecule has 2 aromatic heterocycles. The van der Waals surface area contributed by atoms with Gasteiger partial charge in [0.2, 0.25) is 5.91 Å². The van der Waals surface area contributed by atoms with Crippen LogP contribution in [0.25, 0.3) is 21.3 Å². The van der Waals surface area contributed by atoms with Crippen molar-refractivity contribution in [3.63, 3.8) is 0 Å². The number of carbonyl (C=O) groups is 1. The van der Waals surface area contributed by atoms with Gasteiger partial charge >= 0.3 is 0 Å².